The second kappa shape index (κ2) is 6.55. The SMILES string of the molecule is CCC1CN(c2cccc(C(F)(F)F)c2)C(=S)C1c1ccccc1. The average Bonchev–Trinajstić information content (AvgIpc) is 2.91. The number of rotatable bonds is 3. The molecule has 1 aliphatic rings. The first kappa shape index (κ1) is 17.0. The summed E-state index contributed by atoms with van der Waals surface area (Å²) in [7, 11) is 0. The van der Waals surface area contributed by atoms with E-state index in [0.29, 0.717) is 23.1 Å². The van der Waals surface area contributed by atoms with Crippen molar-refractivity contribution in [3.8, 4) is 0 Å². The van der Waals surface area contributed by atoms with Crippen LogP contribution in [0.1, 0.15) is 30.4 Å². The molecule has 0 amide bonds. The number of hydrogen-bond donors (Lipinski definition) is 0. The predicted octanol–water partition coefficient (Wildman–Crippen LogP) is 5.66. The molecular weight excluding hydrogens is 331 g/mol. The summed E-state index contributed by atoms with van der Waals surface area (Å²) >= 11 is 5.65. The summed E-state index contributed by atoms with van der Waals surface area (Å²) in [5.41, 5.74) is 1.01. The first-order chi connectivity index (χ1) is 11.4. The molecule has 1 aliphatic heterocycles. The van der Waals surface area contributed by atoms with Crippen molar-refractivity contribution < 1.29 is 13.2 Å². The van der Waals surface area contributed by atoms with Crippen molar-refractivity contribution in [1.29, 1.82) is 0 Å². The van der Waals surface area contributed by atoms with Gasteiger partial charge in [0.25, 0.3) is 0 Å². The fourth-order valence-electron chi connectivity index (χ4n) is 3.32. The van der Waals surface area contributed by atoms with E-state index in [1.165, 1.54) is 12.1 Å². The molecule has 0 aromatic heterocycles. The van der Waals surface area contributed by atoms with Gasteiger partial charge in [0, 0.05) is 18.2 Å². The zero-order chi connectivity index (χ0) is 17.3. The van der Waals surface area contributed by atoms with Gasteiger partial charge in [-0.15, -0.1) is 0 Å². The van der Waals surface area contributed by atoms with Crippen LogP contribution in [-0.2, 0) is 6.18 Å². The van der Waals surface area contributed by atoms with Crippen LogP contribution in [0.2, 0.25) is 0 Å². The van der Waals surface area contributed by atoms with Crippen LogP contribution in [-0.4, -0.2) is 11.5 Å². The molecule has 0 saturated carbocycles. The van der Waals surface area contributed by atoms with E-state index in [-0.39, 0.29) is 5.92 Å². The van der Waals surface area contributed by atoms with E-state index in [9.17, 15) is 13.2 Å². The van der Waals surface area contributed by atoms with Crippen LogP contribution < -0.4 is 4.90 Å². The van der Waals surface area contributed by atoms with Crippen LogP contribution in [0.4, 0.5) is 18.9 Å². The summed E-state index contributed by atoms with van der Waals surface area (Å²) in [5.74, 6) is 0.371. The Kier molecular flexibility index (Phi) is 4.63. The lowest BCUT2D eigenvalue weighted by Crippen LogP contribution is -2.25. The van der Waals surface area contributed by atoms with E-state index in [1.54, 1.807) is 6.07 Å². The van der Waals surface area contributed by atoms with Gasteiger partial charge < -0.3 is 4.90 Å². The summed E-state index contributed by atoms with van der Waals surface area (Å²) < 4.78 is 39.0. The molecule has 1 fully saturated rings. The Balaban J connectivity index is 1.95. The molecule has 0 N–H and O–H groups in total. The third-order valence-electron chi connectivity index (χ3n) is 4.59. The van der Waals surface area contributed by atoms with Crippen molar-refractivity contribution in [2.24, 2.45) is 5.92 Å². The van der Waals surface area contributed by atoms with Crippen LogP contribution >= 0.6 is 12.2 Å². The molecule has 0 radical (unpaired) electrons. The smallest absolute Gasteiger partial charge is 0.335 e. The number of halogens is 3. The first-order valence-electron chi connectivity index (χ1n) is 7.95. The van der Waals surface area contributed by atoms with E-state index in [4.69, 9.17) is 12.2 Å². The zero-order valence-corrected chi connectivity index (χ0v) is 14.1. The molecule has 24 heavy (non-hydrogen) atoms. The molecule has 1 saturated heterocycles. The Hall–Kier alpha value is -1.88. The second-order valence-electron chi connectivity index (χ2n) is 6.05. The third-order valence-corrected chi connectivity index (χ3v) is 5.06. The second-order valence-corrected chi connectivity index (χ2v) is 6.47. The van der Waals surface area contributed by atoms with Crippen molar-refractivity contribution in [2.45, 2.75) is 25.4 Å². The first-order valence-corrected chi connectivity index (χ1v) is 8.36. The lowest BCUT2D eigenvalue weighted by Gasteiger charge is -2.21. The highest BCUT2D eigenvalue weighted by molar-refractivity contribution is 7.80. The Morgan fingerprint density at radius 2 is 1.79 bits per heavy atom. The monoisotopic (exact) mass is 349 g/mol. The maximum Gasteiger partial charge on any atom is 0.416 e. The van der Waals surface area contributed by atoms with Crippen LogP contribution in [0.25, 0.3) is 0 Å². The van der Waals surface area contributed by atoms with Crippen LogP contribution in [0.5, 0.6) is 0 Å². The minimum absolute atomic E-state index is 0.0701. The van der Waals surface area contributed by atoms with E-state index in [0.717, 1.165) is 18.1 Å². The van der Waals surface area contributed by atoms with E-state index in [1.807, 2.05) is 35.2 Å². The van der Waals surface area contributed by atoms with Gasteiger partial charge >= 0.3 is 6.18 Å². The molecule has 0 bridgehead atoms. The topological polar surface area (TPSA) is 3.24 Å². The van der Waals surface area contributed by atoms with E-state index >= 15 is 0 Å². The number of alkyl halides is 3. The van der Waals surface area contributed by atoms with Crippen molar-refractivity contribution >= 4 is 22.9 Å². The molecule has 0 aliphatic carbocycles. The maximum absolute atomic E-state index is 13.0. The predicted molar refractivity (Wildman–Crippen MR) is 94.4 cm³/mol. The van der Waals surface area contributed by atoms with Crippen LogP contribution in [0.3, 0.4) is 0 Å². The van der Waals surface area contributed by atoms with Crippen molar-refractivity contribution in [3.05, 3.63) is 65.7 Å². The van der Waals surface area contributed by atoms with Gasteiger partial charge in [-0.3, -0.25) is 0 Å². The highest BCUT2D eigenvalue weighted by atomic mass is 32.1. The molecule has 1 nitrogen and oxygen atoms in total. The molecule has 2 unspecified atom stereocenters. The lowest BCUT2D eigenvalue weighted by atomic mass is 9.87. The Morgan fingerprint density at radius 3 is 2.42 bits per heavy atom. The van der Waals surface area contributed by atoms with Crippen molar-refractivity contribution in [3.63, 3.8) is 0 Å². The third kappa shape index (κ3) is 3.18. The van der Waals surface area contributed by atoms with Crippen LogP contribution in [0.15, 0.2) is 54.6 Å². The molecule has 3 rings (SSSR count). The fraction of sp³-hybridized carbons (Fsp3) is 0.316. The quantitative estimate of drug-likeness (QED) is 0.658. The van der Waals surface area contributed by atoms with Gasteiger partial charge in [-0.05, 0) is 29.7 Å². The Bertz CT molecular complexity index is 727. The lowest BCUT2D eigenvalue weighted by molar-refractivity contribution is -0.137. The molecule has 5 heteroatoms. The highest BCUT2D eigenvalue weighted by Gasteiger charge is 2.38. The van der Waals surface area contributed by atoms with Gasteiger partial charge in [0.2, 0.25) is 0 Å². The van der Waals surface area contributed by atoms with E-state index in [2.05, 4.69) is 6.92 Å². The van der Waals surface area contributed by atoms with E-state index < -0.39 is 11.7 Å². The maximum atomic E-state index is 13.0. The highest BCUT2D eigenvalue weighted by Crippen LogP contribution is 2.40. The fourth-order valence-corrected chi connectivity index (χ4v) is 3.83. The molecule has 0 spiro atoms. The Morgan fingerprint density at radius 1 is 1.08 bits per heavy atom. The molecule has 2 aromatic carbocycles. The molecule has 2 atom stereocenters. The number of hydrogen-bond acceptors (Lipinski definition) is 1. The van der Waals surface area contributed by atoms with Gasteiger partial charge in [0.05, 0.1) is 10.6 Å². The molecule has 126 valence electrons. The average molecular weight is 349 g/mol. The van der Waals surface area contributed by atoms with Gasteiger partial charge in [-0.1, -0.05) is 62.0 Å². The van der Waals surface area contributed by atoms with Gasteiger partial charge in [-0.2, -0.15) is 13.2 Å². The zero-order valence-electron chi connectivity index (χ0n) is 13.3. The number of benzene rings is 2. The molecule has 2 aromatic rings. The summed E-state index contributed by atoms with van der Waals surface area (Å²) in [4.78, 5) is 2.56. The van der Waals surface area contributed by atoms with Gasteiger partial charge in [-0.25, -0.2) is 0 Å². The number of thiocarbonyl (C=S) groups is 1. The summed E-state index contributed by atoms with van der Waals surface area (Å²) in [6, 6.07) is 15.4. The summed E-state index contributed by atoms with van der Waals surface area (Å²) in [6.07, 6.45) is -3.42. The van der Waals surface area contributed by atoms with Crippen LogP contribution in [0, 0.1) is 5.92 Å². The normalized spacial score (nSPS) is 21.3. The summed E-state index contributed by atoms with van der Waals surface area (Å²) in [6.45, 7) is 2.75. The van der Waals surface area contributed by atoms with Gasteiger partial charge in [0.1, 0.15) is 0 Å². The minimum Gasteiger partial charge on any atom is -0.335 e. The Labute approximate surface area is 145 Å². The number of anilines is 1. The number of nitrogens with zero attached hydrogens (tertiary/aromatic N) is 1. The largest absolute Gasteiger partial charge is 0.416 e. The van der Waals surface area contributed by atoms with Gasteiger partial charge in [0.15, 0.2) is 0 Å². The summed E-state index contributed by atoms with van der Waals surface area (Å²) in [5, 5.41) is 0. The minimum atomic E-state index is -4.35. The van der Waals surface area contributed by atoms with Crippen molar-refractivity contribution in [1.82, 2.24) is 0 Å². The molecular formula is C19H18F3NS. The molecule has 1 heterocycles. The standard InChI is InChI=1S/C19H18F3NS/c1-2-13-12-23(16-10-6-9-15(11-16)19(20,21)22)18(24)17(13)14-7-4-3-5-8-14/h3-11,13,17H,2,12H2,1H3. The van der Waals surface area contributed by atoms with Crippen molar-refractivity contribution in [2.75, 3.05) is 11.4 Å².